The summed E-state index contributed by atoms with van der Waals surface area (Å²) in [7, 11) is 0. The van der Waals surface area contributed by atoms with E-state index in [1.807, 2.05) is 18.5 Å². The Labute approximate surface area is 84.7 Å². The first-order valence-corrected chi connectivity index (χ1v) is 4.69. The molecular formula is C10H16N4. The van der Waals surface area contributed by atoms with Crippen LogP contribution in [0.3, 0.4) is 0 Å². The van der Waals surface area contributed by atoms with Gasteiger partial charge >= 0.3 is 0 Å². The maximum absolute atomic E-state index is 5.14. The lowest BCUT2D eigenvalue weighted by Gasteiger charge is -2.12. The molecule has 0 fully saturated rings. The van der Waals surface area contributed by atoms with Gasteiger partial charge in [-0.05, 0) is 20.8 Å². The van der Waals surface area contributed by atoms with Gasteiger partial charge in [-0.1, -0.05) is 5.92 Å². The maximum Gasteiger partial charge on any atom is 0.147 e. The summed E-state index contributed by atoms with van der Waals surface area (Å²) in [5.41, 5.74) is 0. The first-order valence-electron chi connectivity index (χ1n) is 4.69. The van der Waals surface area contributed by atoms with Crippen molar-refractivity contribution in [1.82, 2.24) is 20.1 Å². The molecule has 0 aliphatic carbocycles. The lowest BCUT2D eigenvalue weighted by Crippen LogP contribution is -2.25. The zero-order chi connectivity index (χ0) is 10.6. The average Bonchev–Trinajstić information content (AvgIpc) is 2.45. The van der Waals surface area contributed by atoms with E-state index < -0.39 is 0 Å². The molecule has 1 atom stereocenters. The molecule has 4 nitrogen and oxygen atoms in total. The van der Waals surface area contributed by atoms with E-state index >= 15 is 0 Å². The van der Waals surface area contributed by atoms with E-state index in [1.165, 1.54) is 0 Å². The van der Waals surface area contributed by atoms with E-state index in [9.17, 15) is 0 Å². The Morgan fingerprint density at radius 3 is 2.79 bits per heavy atom. The normalized spacial score (nSPS) is 12.4. The van der Waals surface area contributed by atoms with Crippen LogP contribution in [-0.4, -0.2) is 27.9 Å². The number of hydrogen-bond donors (Lipinski definition) is 1. The second-order valence-electron chi connectivity index (χ2n) is 3.33. The highest BCUT2D eigenvalue weighted by Gasteiger charge is 2.09. The molecule has 0 amide bonds. The van der Waals surface area contributed by atoms with Gasteiger partial charge in [0.2, 0.25) is 0 Å². The summed E-state index contributed by atoms with van der Waals surface area (Å²) in [6, 6.07) is 0.282. The standard InChI is InChI=1S/C10H16N4/c1-5-6-11-7-8(2)14-10(4)12-9(3)13-14/h1,8,11H,6-7H2,2-4H3. The third-order valence-corrected chi connectivity index (χ3v) is 1.99. The van der Waals surface area contributed by atoms with Crippen molar-refractivity contribution >= 4 is 0 Å². The molecule has 0 aliphatic rings. The minimum absolute atomic E-state index is 0.282. The van der Waals surface area contributed by atoms with Crippen LogP contribution in [0, 0.1) is 26.2 Å². The molecule has 1 N–H and O–H groups in total. The number of nitrogens with zero attached hydrogens (tertiary/aromatic N) is 3. The molecule has 0 saturated carbocycles. The van der Waals surface area contributed by atoms with Crippen LogP contribution >= 0.6 is 0 Å². The van der Waals surface area contributed by atoms with Gasteiger partial charge < -0.3 is 5.32 Å². The Morgan fingerprint density at radius 1 is 1.57 bits per heavy atom. The Balaban J connectivity index is 2.56. The highest BCUT2D eigenvalue weighted by atomic mass is 15.4. The van der Waals surface area contributed by atoms with Gasteiger partial charge in [0.15, 0.2) is 0 Å². The molecule has 1 aromatic rings. The van der Waals surface area contributed by atoms with E-state index in [0.29, 0.717) is 6.54 Å². The minimum atomic E-state index is 0.282. The lowest BCUT2D eigenvalue weighted by molar-refractivity contribution is 0.452. The van der Waals surface area contributed by atoms with Crippen LogP contribution in [-0.2, 0) is 0 Å². The van der Waals surface area contributed by atoms with Crippen LogP contribution in [0.1, 0.15) is 24.6 Å². The first-order chi connectivity index (χ1) is 6.65. The van der Waals surface area contributed by atoms with Gasteiger partial charge in [0.25, 0.3) is 0 Å². The van der Waals surface area contributed by atoms with Crippen LogP contribution < -0.4 is 5.32 Å². The van der Waals surface area contributed by atoms with Gasteiger partial charge in [0, 0.05) is 6.54 Å². The molecule has 0 spiro atoms. The summed E-state index contributed by atoms with van der Waals surface area (Å²) in [5.74, 6) is 4.29. The fourth-order valence-corrected chi connectivity index (χ4v) is 1.39. The molecule has 76 valence electrons. The second-order valence-corrected chi connectivity index (χ2v) is 3.33. The smallest absolute Gasteiger partial charge is 0.147 e. The van der Waals surface area contributed by atoms with Crippen molar-refractivity contribution in [2.75, 3.05) is 13.1 Å². The summed E-state index contributed by atoms with van der Waals surface area (Å²) < 4.78 is 1.92. The topological polar surface area (TPSA) is 42.7 Å². The number of terminal acetylenes is 1. The molecule has 14 heavy (non-hydrogen) atoms. The maximum atomic E-state index is 5.14. The monoisotopic (exact) mass is 192 g/mol. The predicted molar refractivity (Wildman–Crippen MR) is 55.9 cm³/mol. The summed E-state index contributed by atoms with van der Waals surface area (Å²) in [6.45, 7) is 7.35. The van der Waals surface area contributed by atoms with Crippen LogP contribution in [0.15, 0.2) is 0 Å². The second kappa shape index (κ2) is 4.77. The van der Waals surface area contributed by atoms with Crippen molar-refractivity contribution in [1.29, 1.82) is 0 Å². The predicted octanol–water partition coefficient (Wildman–Crippen LogP) is 0.679. The number of aryl methyl sites for hydroxylation is 2. The fraction of sp³-hybridized carbons (Fsp3) is 0.600. The van der Waals surface area contributed by atoms with Crippen molar-refractivity contribution in [3.63, 3.8) is 0 Å². The molecule has 0 radical (unpaired) electrons. The van der Waals surface area contributed by atoms with Crippen LogP contribution in [0.2, 0.25) is 0 Å². The number of aromatic nitrogens is 3. The third-order valence-electron chi connectivity index (χ3n) is 1.99. The molecular weight excluding hydrogens is 176 g/mol. The largest absolute Gasteiger partial charge is 0.304 e. The Hall–Kier alpha value is -1.34. The van der Waals surface area contributed by atoms with Gasteiger partial charge in [-0.15, -0.1) is 6.42 Å². The van der Waals surface area contributed by atoms with Crippen LogP contribution in [0.5, 0.6) is 0 Å². The van der Waals surface area contributed by atoms with Crippen molar-refractivity contribution in [3.05, 3.63) is 11.6 Å². The summed E-state index contributed by atoms with van der Waals surface area (Å²) in [4.78, 5) is 4.24. The lowest BCUT2D eigenvalue weighted by atomic mass is 10.3. The first kappa shape index (κ1) is 10.7. The van der Waals surface area contributed by atoms with Crippen LogP contribution in [0.4, 0.5) is 0 Å². The molecule has 1 aromatic heterocycles. The summed E-state index contributed by atoms with van der Waals surface area (Å²) in [5, 5.41) is 7.45. The fourth-order valence-electron chi connectivity index (χ4n) is 1.39. The van der Waals surface area contributed by atoms with Crippen molar-refractivity contribution in [2.24, 2.45) is 0 Å². The van der Waals surface area contributed by atoms with E-state index in [1.54, 1.807) is 0 Å². The number of nitrogens with one attached hydrogen (secondary N) is 1. The minimum Gasteiger partial charge on any atom is -0.304 e. The van der Waals surface area contributed by atoms with Crippen LogP contribution in [0.25, 0.3) is 0 Å². The SMILES string of the molecule is C#CCNCC(C)n1nc(C)nc1C. The summed E-state index contributed by atoms with van der Waals surface area (Å²) in [6.07, 6.45) is 5.14. The highest BCUT2D eigenvalue weighted by molar-refractivity contribution is 4.91. The molecule has 4 heteroatoms. The molecule has 0 saturated heterocycles. The van der Waals surface area contributed by atoms with Gasteiger partial charge in [-0.25, -0.2) is 9.67 Å². The zero-order valence-electron chi connectivity index (χ0n) is 8.91. The average molecular weight is 192 g/mol. The Bertz CT molecular complexity index is 334. The van der Waals surface area contributed by atoms with Gasteiger partial charge in [-0.2, -0.15) is 5.10 Å². The van der Waals surface area contributed by atoms with Gasteiger partial charge in [0.05, 0.1) is 12.6 Å². The van der Waals surface area contributed by atoms with E-state index in [2.05, 4.69) is 28.2 Å². The van der Waals surface area contributed by atoms with Gasteiger partial charge in [-0.3, -0.25) is 0 Å². The van der Waals surface area contributed by atoms with Crippen molar-refractivity contribution < 1.29 is 0 Å². The Morgan fingerprint density at radius 2 is 2.29 bits per heavy atom. The molecule has 0 aromatic carbocycles. The highest BCUT2D eigenvalue weighted by Crippen LogP contribution is 2.05. The zero-order valence-corrected chi connectivity index (χ0v) is 8.91. The third kappa shape index (κ3) is 2.57. The van der Waals surface area contributed by atoms with Crippen molar-refractivity contribution in [2.45, 2.75) is 26.8 Å². The molecule has 1 rings (SSSR count). The van der Waals surface area contributed by atoms with E-state index in [-0.39, 0.29) is 6.04 Å². The molecule has 1 heterocycles. The number of hydrogen-bond acceptors (Lipinski definition) is 3. The van der Waals surface area contributed by atoms with Gasteiger partial charge in [0.1, 0.15) is 11.6 Å². The molecule has 0 aliphatic heterocycles. The quantitative estimate of drug-likeness (QED) is 0.563. The molecule has 1 unspecified atom stereocenters. The van der Waals surface area contributed by atoms with E-state index in [4.69, 9.17) is 6.42 Å². The van der Waals surface area contributed by atoms with Crippen molar-refractivity contribution in [3.8, 4) is 12.3 Å². The molecule has 0 bridgehead atoms. The van der Waals surface area contributed by atoms with E-state index in [0.717, 1.165) is 18.2 Å². The Kier molecular flexibility index (Phi) is 3.66. The summed E-state index contributed by atoms with van der Waals surface area (Å²) >= 11 is 0. The number of rotatable bonds is 4.